The highest BCUT2D eigenvalue weighted by Crippen LogP contribution is 2.20. The van der Waals surface area contributed by atoms with E-state index in [2.05, 4.69) is 0 Å². The fourth-order valence-corrected chi connectivity index (χ4v) is 2.32. The first-order valence-corrected chi connectivity index (χ1v) is 6.85. The summed E-state index contributed by atoms with van der Waals surface area (Å²) in [5.41, 5.74) is 0.733. The van der Waals surface area contributed by atoms with Gasteiger partial charge in [0.2, 0.25) is 5.91 Å². The van der Waals surface area contributed by atoms with E-state index in [0.29, 0.717) is 13.0 Å². The van der Waals surface area contributed by atoms with E-state index in [9.17, 15) is 9.59 Å². The molecule has 1 N–H and O–H groups in total. The zero-order valence-electron chi connectivity index (χ0n) is 11.3. The number of amides is 1. The molecular formula is C15H19NO4. The number of carboxylic acid groups (broad SMARTS) is 1. The molecule has 1 aliphatic rings. The summed E-state index contributed by atoms with van der Waals surface area (Å²) in [6.45, 7) is 0.892. The summed E-state index contributed by atoms with van der Waals surface area (Å²) in [5.74, 6) is -0.986. The Kier molecular flexibility index (Phi) is 5.12. The number of nitrogens with zero attached hydrogens (tertiary/aromatic N) is 1. The molecule has 0 radical (unpaired) electrons. The van der Waals surface area contributed by atoms with Gasteiger partial charge in [-0.15, -0.1) is 0 Å². The molecular weight excluding hydrogens is 258 g/mol. The first-order valence-electron chi connectivity index (χ1n) is 6.85. The summed E-state index contributed by atoms with van der Waals surface area (Å²) < 4.78 is 5.47. The Balaban J connectivity index is 2.04. The van der Waals surface area contributed by atoms with Gasteiger partial charge in [-0.2, -0.15) is 0 Å². The summed E-state index contributed by atoms with van der Waals surface area (Å²) in [6.07, 6.45) is 2.10. The van der Waals surface area contributed by atoms with E-state index < -0.39 is 5.97 Å². The Morgan fingerprint density at radius 1 is 1.30 bits per heavy atom. The van der Waals surface area contributed by atoms with E-state index in [1.54, 1.807) is 0 Å². The normalized spacial score (nSPS) is 17.9. The number of hydrogen-bond acceptors (Lipinski definition) is 3. The number of carbonyl (C=O) groups is 2. The minimum Gasteiger partial charge on any atom is -0.481 e. The third kappa shape index (κ3) is 4.06. The third-order valence-electron chi connectivity index (χ3n) is 3.34. The Labute approximate surface area is 118 Å². The van der Waals surface area contributed by atoms with Crippen molar-refractivity contribution in [1.29, 1.82) is 0 Å². The summed E-state index contributed by atoms with van der Waals surface area (Å²) >= 11 is 0. The molecule has 0 aliphatic carbocycles. The second kappa shape index (κ2) is 7.05. The number of carbonyl (C=O) groups excluding carboxylic acids is 1. The predicted octanol–water partition coefficient (Wildman–Crippen LogP) is 2.06. The van der Waals surface area contributed by atoms with Crippen LogP contribution >= 0.6 is 0 Å². The van der Waals surface area contributed by atoms with Crippen molar-refractivity contribution < 1.29 is 19.4 Å². The first-order chi connectivity index (χ1) is 9.66. The fraction of sp³-hybridized carbons (Fsp3) is 0.467. The summed E-state index contributed by atoms with van der Waals surface area (Å²) in [4.78, 5) is 24.6. The maximum Gasteiger partial charge on any atom is 0.305 e. The van der Waals surface area contributed by atoms with Crippen LogP contribution in [0.25, 0.3) is 0 Å². The molecule has 1 unspecified atom stereocenters. The van der Waals surface area contributed by atoms with Crippen LogP contribution in [-0.4, -0.2) is 36.2 Å². The average Bonchev–Trinajstić information content (AvgIpc) is 2.92. The number of para-hydroxylation sites is 1. The number of hydrogen-bond donors (Lipinski definition) is 1. The van der Waals surface area contributed by atoms with E-state index in [1.165, 1.54) is 4.90 Å². The molecule has 2 rings (SSSR count). The smallest absolute Gasteiger partial charge is 0.305 e. The molecule has 0 bridgehead atoms. The van der Waals surface area contributed by atoms with Gasteiger partial charge in [0, 0.05) is 18.8 Å². The van der Waals surface area contributed by atoms with Crippen molar-refractivity contribution in [2.75, 3.05) is 18.1 Å². The van der Waals surface area contributed by atoms with Gasteiger partial charge in [0.25, 0.3) is 0 Å². The second-order valence-corrected chi connectivity index (χ2v) is 4.86. The maximum atomic E-state index is 12.4. The van der Waals surface area contributed by atoms with Gasteiger partial charge in [-0.3, -0.25) is 9.59 Å². The molecule has 1 aliphatic heterocycles. The van der Waals surface area contributed by atoms with Crippen molar-refractivity contribution in [3.63, 3.8) is 0 Å². The van der Waals surface area contributed by atoms with Gasteiger partial charge in [-0.1, -0.05) is 18.2 Å². The molecule has 5 nitrogen and oxygen atoms in total. The maximum absolute atomic E-state index is 12.4. The van der Waals surface area contributed by atoms with E-state index in [4.69, 9.17) is 9.84 Å². The molecule has 1 fully saturated rings. The lowest BCUT2D eigenvalue weighted by Crippen LogP contribution is -2.35. The molecule has 0 spiro atoms. The lowest BCUT2D eigenvalue weighted by Gasteiger charge is -2.23. The topological polar surface area (TPSA) is 66.8 Å². The van der Waals surface area contributed by atoms with Crippen LogP contribution < -0.4 is 4.90 Å². The third-order valence-corrected chi connectivity index (χ3v) is 3.34. The lowest BCUT2D eigenvalue weighted by atomic mass is 10.1. The second-order valence-electron chi connectivity index (χ2n) is 4.86. The van der Waals surface area contributed by atoms with Crippen molar-refractivity contribution in [1.82, 2.24) is 0 Å². The van der Waals surface area contributed by atoms with Crippen LogP contribution in [0.4, 0.5) is 5.69 Å². The molecule has 1 atom stereocenters. The van der Waals surface area contributed by atoms with Gasteiger partial charge < -0.3 is 14.7 Å². The van der Waals surface area contributed by atoms with E-state index >= 15 is 0 Å². The fourth-order valence-electron chi connectivity index (χ4n) is 2.32. The standard InChI is InChI=1S/C15H19NO4/c17-14(11-13-7-4-10-20-13)16(9-8-15(18)19)12-5-2-1-3-6-12/h1-3,5-6,13H,4,7-11H2,(H,18,19). The van der Waals surface area contributed by atoms with Crippen LogP contribution in [0, 0.1) is 0 Å². The molecule has 1 aromatic rings. The van der Waals surface area contributed by atoms with Crippen LogP contribution in [0.2, 0.25) is 0 Å². The van der Waals surface area contributed by atoms with Gasteiger partial charge in [0.1, 0.15) is 0 Å². The van der Waals surface area contributed by atoms with Gasteiger partial charge in [0.05, 0.1) is 18.9 Å². The van der Waals surface area contributed by atoms with E-state index in [0.717, 1.165) is 18.5 Å². The Hall–Kier alpha value is -1.88. The Bertz CT molecular complexity index is 454. The predicted molar refractivity (Wildman–Crippen MR) is 74.6 cm³/mol. The van der Waals surface area contributed by atoms with Gasteiger partial charge >= 0.3 is 5.97 Å². The SMILES string of the molecule is O=C(O)CCN(C(=O)CC1CCCO1)c1ccccc1. The van der Waals surface area contributed by atoms with Crippen LogP contribution in [0.15, 0.2) is 30.3 Å². The van der Waals surface area contributed by atoms with Crippen molar-refractivity contribution in [2.24, 2.45) is 0 Å². The van der Waals surface area contributed by atoms with Crippen LogP contribution in [0.3, 0.4) is 0 Å². The number of rotatable bonds is 6. The molecule has 20 heavy (non-hydrogen) atoms. The number of ether oxygens (including phenoxy) is 1. The van der Waals surface area contributed by atoms with Crippen molar-refractivity contribution >= 4 is 17.6 Å². The molecule has 0 saturated carbocycles. The average molecular weight is 277 g/mol. The van der Waals surface area contributed by atoms with Gasteiger partial charge in [-0.05, 0) is 25.0 Å². The quantitative estimate of drug-likeness (QED) is 0.864. The van der Waals surface area contributed by atoms with E-state index in [1.807, 2.05) is 30.3 Å². The molecule has 1 aromatic carbocycles. The van der Waals surface area contributed by atoms with Crippen LogP contribution in [-0.2, 0) is 14.3 Å². The molecule has 1 heterocycles. The summed E-state index contributed by atoms with van der Waals surface area (Å²) in [6, 6.07) is 9.17. The Morgan fingerprint density at radius 2 is 2.05 bits per heavy atom. The minimum atomic E-state index is -0.907. The number of aliphatic carboxylic acids is 1. The van der Waals surface area contributed by atoms with Gasteiger partial charge in [-0.25, -0.2) is 0 Å². The number of benzene rings is 1. The molecule has 0 aromatic heterocycles. The van der Waals surface area contributed by atoms with Crippen molar-refractivity contribution in [3.05, 3.63) is 30.3 Å². The highest BCUT2D eigenvalue weighted by Gasteiger charge is 2.23. The summed E-state index contributed by atoms with van der Waals surface area (Å²) in [7, 11) is 0. The minimum absolute atomic E-state index is 0.0291. The molecule has 1 saturated heterocycles. The summed E-state index contributed by atoms with van der Waals surface area (Å²) in [5, 5.41) is 8.81. The first kappa shape index (κ1) is 14.5. The Morgan fingerprint density at radius 3 is 2.65 bits per heavy atom. The highest BCUT2D eigenvalue weighted by atomic mass is 16.5. The van der Waals surface area contributed by atoms with Crippen molar-refractivity contribution in [2.45, 2.75) is 31.8 Å². The van der Waals surface area contributed by atoms with Crippen LogP contribution in [0.5, 0.6) is 0 Å². The largest absolute Gasteiger partial charge is 0.481 e. The monoisotopic (exact) mass is 277 g/mol. The lowest BCUT2D eigenvalue weighted by molar-refractivity contribution is -0.136. The molecule has 1 amide bonds. The van der Waals surface area contributed by atoms with Crippen molar-refractivity contribution in [3.8, 4) is 0 Å². The van der Waals surface area contributed by atoms with Crippen LogP contribution in [0.1, 0.15) is 25.7 Å². The number of anilines is 1. The van der Waals surface area contributed by atoms with Gasteiger partial charge in [0.15, 0.2) is 0 Å². The van der Waals surface area contributed by atoms with E-state index in [-0.39, 0.29) is 25.0 Å². The number of carboxylic acids is 1. The zero-order chi connectivity index (χ0) is 14.4. The molecule has 5 heteroatoms. The highest BCUT2D eigenvalue weighted by molar-refractivity contribution is 5.94. The zero-order valence-corrected chi connectivity index (χ0v) is 11.3. The molecule has 108 valence electrons.